The van der Waals surface area contributed by atoms with Gasteiger partial charge in [-0.15, -0.1) is 0 Å². The smallest absolute Gasteiger partial charge is 0.0000930 e. The Bertz CT molecular complexity index is 4100. The van der Waals surface area contributed by atoms with Crippen molar-refractivity contribution in [3.63, 3.8) is 0 Å². The van der Waals surface area contributed by atoms with Crippen molar-refractivity contribution in [1.29, 1.82) is 0 Å². The molecule has 0 radical (unpaired) electrons. The minimum absolute atomic E-state index is 0.949. The average Bonchev–Trinajstić information content (AvgIpc) is 4.27. The first-order valence-corrected chi connectivity index (χ1v) is 24.5. The van der Waals surface area contributed by atoms with E-state index < -0.39 is 0 Å². The number of allylic oxidation sites excluding steroid dienone is 8. The largest absolute Gasteiger partial charge is 0.0795 e. The van der Waals surface area contributed by atoms with Gasteiger partial charge in [0.05, 0.1) is 0 Å². The van der Waals surface area contributed by atoms with Gasteiger partial charge in [-0.3, -0.25) is 0 Å². The quantitative estimate of drug-likeness (QED) is 0.146. The third-order valence-electron chi connectivity index (χ3n) is 15.7. The third-order valence-corrected chi connectivity index (χ3v) is 15.7. The molecule has 5 aliphatic carbocycles. The fourth-order valence-electron chi connectivity index (χ4n) is 12.6. The van der Waals surface area contributed by atoms with Crippen LogP contribution in [0.3, 0.4) is 0 Å². The Hall–Kier alpha value is -8.58. The van der Waals surface area contributed by atoms with Crippen molar-refractivity contribution in [2.45, 2.75) is 19.3 Å². The Balaban J connectivity index is 1.10. The number of benzene rings is 10. The molecule has 15 rings (SSSR count). The van der Waals surface area contributed by atoms with E-state index in [2.05, 4.69) is 231 Å². The van der Waals surface area contributed by atoms with Gasteiger partial charge < -0.3 is 0 Å². The third kappa shape index (κ3) is 5.70. The number of hydrogen-bond donors (Lipinski definition) is 0. The second kappa shape index (κ2) is 15.0. The van der Waals surface area contributed by atoms with Crippen LogP contribution < -0.4 is 0 Å². The molecule has 0 nitrogen and oxygen atoms in total. The first-order valence-electron chi connectivity index (χ1n) is 24.5. The Labute approximate surface area is 402 Å². The summed E-state index contributed by atoms with van der Waals surface area (Å²) >= 11 is 0. The summed E-state index contributed by atoms with van der Waals surface area (Å²) in [7, 11) is 0. The Morgan fingerprint density at radius 3 is 1.32 bits per heavy atom. The number of rotatable bonds is 6. The summed E-state index contributed by atoms with van der Waals surface area (Å²) < 4.78 is 0. The zero-order valence-electron chi connectivity index (χ0n) is 38.1. The van der Waals surface area contributed by atoms with Crippen molar-refractivity contribution in [3.8, 4) is 22.3 Å². The predicted octanol–water partition coefficient (Wildman–Crippen LogP) is 17.5. The molecule has 0 aliphatic heterocycles. The highest BCUT2D eigenvalue weighted by atomic mass is 14.4. The molecular formula is C69H44. The maximum atomic E-state index is 2.58. The van der Waals surface area contributed by atoms with Crippen molar-refractivity contribution < 1.29 is 0 Å². The average molecular weight is 873 g/mol. The summed E-state index contributed by atoms with van der Waals surface area (Å²) in [6.45, 7) is 0. The zero-order chi connectivity index (χ0) is 45.2. The lowest BCUT2D eigenvalue weighted by atomic mass is 9.81. The topological polar surface area (TPSA) is 0 Å². The standard InChI is InChI=1S/C69H44/c1-3-15-45(16-4-1)60-40-62-63(41-61(60)49-34-33-47-36-37-54-50-26-8-7-17-46(50)35-38-55(54)59(47)39-49)68-64(48-18-5-2-6-19-48)66(57-31-13-24-43-21-10-28-52(43)57)67(58-32-14-25-44-22-11-29-53(44)58)69(68)65(62)56-30-12-23-42-20-9-27-51(42)56/h1-19,23-41H,20-22H2. The molecule has 0 atom stereocenters. The van der Waals surface area contributed by atoms with Crippen LogP contribution in [-0.4, -0.2) is 0 Å². The van der Waals surface area contributed by atoms with Crippen molar-refractivity contribution >= 4 is 78.4 Å². The molecular weight excluding hydrogens is 829 g/mol. The van der Waals surface area contributed by atoms with Gasteiger partial charge in [0.15, 0.2) is 0 Å². The van der Waals surface area contributed by atoms with E-state index in [4.69, 9.17) is 0 Å². The van der Waals surface area contributed by atoms with Crippen LogP contribution in [0, 0.1) is 0 Å². The van der Waals surface area contributed by atoms with E-state index in [1.807, 2.05) is 0 Å². The molecule has 0 saturated carbocycles. The highest BCUT2D eigenvalue weighted by Crippen LogP contribution is 2.64. The number of fused-ring (bicyclic) bond motifs is 11. The highest BCUT2D eigenvalue weighted by Gasteiger charge is 2.42. The first-order chi connectivity index (χ1) is 34.2. The van der Waals surface area contributed by atoms with Gasteiger partial charge >= 0.3 is 0 Å². The maximum Gasteiger partial charge on any atom is -0.0000930 e. The van der Waals surface area contributed by atoms with Gasteiger partial charge in [0.2, 0.25) is 0 Å². The molecule has 0 saturated heterocycles. The van der Waals surface area contributed by atoms with E-state index >= 15 is 0 Å². The van der Waals surface area contributed by atoms with Crippen LogP contribution in [0.15, 0.2) is 218 Å². The van der Waals surface area contributed by atoms with Crippen LogP contribution in [0.1, 0.15) is 66.8 Å². The fourth-order valence-corrected chi connectivity index (χ4v) is 12.6. The summed E-state index contributed by atoms with van der Waals surface area (Å²) in [5.41, 5.74) is 28.8. The fraction of sp³-hybridized carbons (Fsp3) is 0.0435. The second-order valence-electron chi connectivity index (χ2n) is 19.3. The van der Waals surface area contributed by atoms with Crippen molar-refractivity contribution in [3.05, 3.63) is 285 Å². The lowest BCUT2D eigenvalue weighted by molar-refractivity contribution is 1.30. The minimum Gasteiger partial charge on any atom is -0.0795 e. The molecule has 0 N–H and O–H groups in total. The SMILES string of the molecule is C1=Cc2c(cccc2C2=C(c3cccc4c3C=CC4)C(c3ccccc3)=C3C2=C(c2cccc4c2C=CC4)c2cc(-c4ccccc4)c(-c4ccc5ccc6c7ccccc7ccc6c5c4)cc23)C1. The van der Waals surface area contributed by atoms with Gasteiger partial charge in [-0.25, -0.2) is 0 Å². The maximum absolute atomic E-state index is 2.58. The minimum atomic E-state index is 0.949. The molecule has 0 spiro atoms. The molecule has 10 aromatic carbocycles. The molecule has 0 bridgehead atoms. The van der Waals surface area contributed by atoms with Gasteiger partial charge in [0.25, 0.3) is 0 Å². The summed E-state index contributed by atoms with van der Waals surface area (Å²) in [6.07, 6.45) is 17.0. The van der Waals surface area contributed by atoms with Crippen molar-refractivity contribution in [2.24, 2.45) is 0 Å². The van der Waals surface area contributed by atoms with E-state index in [9.17, 15) is 0 Å². The lowest BCUT2D eigenvalue weighted by Gasteiger charge is -2.21. The van der Waals surface area contributed by atoms with Crippen LogP contribution in [0.5, 0.6) is 0 Å². The lowest BCUT2D eigenvalue weighted by Crippen LogP contribution is -2.01. The number of hydrogen-bond acceptors (Lipinski definition) is 0. The summed E-state index contributed by atoms with van der Waals surface area (Å²) in [5.74, 6) is 0. The Kier molecular flexibility index (Phi) is 8.35. The van der Waals surface area contributed by atoms with Gasteiger partial charge in [0.1, 0.15) is 0 Å². The van der Waals surface area contributed by atoms with E-state index in [1.165, 1.54) is 155 Å². The monoisotopic (exact) mass is 872 g/mol. The van der Waals surface area contributed by atoms with Crippen LogP contribution in [-0.2, 0) is 19.3 Å². The molecule has 0 aromatic heterocycles. The summed E-state index contributed by atoms with van der Waals surface area (Å²) in [6, 6.07) is 73.7. The van der Waals surface area contributed by atoms with E-state index in [-0.39, 0.29) is 0 Å². The van der Waals surface area contributed by atoms with E-state index in [0.29, 0.717) is 0 Å². The van der Waals surface area contributed by atoms with Crippen LogP contribution >= 0.6 is 0 Å². The molecule has 320 valence electrons. The van der Waals surface area contributed by atoms with Crippen LogP contribution in [0.25, 0.3) is 101 Å². The van der Waals surface area contributed by atoms with E-state index in [1.54, 1.807) is 0 Å². The highest BCUT2D eigenvalue weighted by molar-refractivity contribution is 6.40. The molecule has 0 heteroatoms. The molecule has 0 heterocycles. The molecule has 0 unspecified atom stereocenters. The summed E-state index contributed by atoms with van der Waals surface area (Å²) in [4.78, 5) is 0. The van der Waals surface area contributed by atoms with Crippen molar-refractivity contribution in [1.82, 2.24) is 0 Å². The molecule has 69 heavy (non-hydrogen) atoms. The Morgan fingerprint density at radius 2 is 0.696 bits per heavy atom. The molecule has 0 fully saturated rings. The van der Waals surface area contributed by atoms with Gasteiger partial charge in [-0.1, -0.05) is 212 Å². The normalized spacial score (nSPS) is 15.0. The van der Waals surface area contributed by atoms with Crippen LogP contribution in [0.4, 0.5) is 0 Å². The van der Waals surface area contributed by atoms with E-state index in [0.717, 1.165) is 19.3 Å². The molecule has 0 amide bonds. The van der Waals surface area contributed by atoms with Crippen LogP contribution in [0.2, 0.25) is 0 Å². The zero-order valence-corrected chi connectivity index (χ0v) is 38.1. The molecule has 5 aliphatic rings. The summed E-state index contributed by atoms with van der Waals surface area (Å²) in [5, 5.41) is 7.65. The van der Waals surface area contributed by atoms with Gasteiger partial charge in [-0.2, -0.15) is 0 Å². The molecule has 10 aromatic rings. The van der Waals surface area contributed by atoms with Gasteiger partial charge in [0, 0.05) is 0 Å². The predicted molar refractivity (Wildman–Crippen MR) is 293 cm³/mol. The second-order valence-corrected chi connectivity index (χ2v) is 19.3. The first kappa shape index (κ1) is 38.5. The van der Waals surface area contributed by atoms with Gasteiger partial charge in [-0.05, 0) is 192 Å². The Morgan fingerprint density at radius 1 is 0.232 bits per heavy atom. The van der Waals surface area contributed by atoms with Crippen molar-refractivity contribution in [2.75, 3.05) is 0 Å².